The van der Waals surface area contributed by atoms with Gasteiger partial charge in [-0.3, -0.25) is 0 Å². The average Bonchev–Trinajstić information content (AvgIpc) is 2.80. The van der Waals surface area contributed by atoms with Crippen LogP contribution in [0.15, 0.2) is 28.8 Å². The minimum Gasteiger partial charge on any atom is -0.334 e. The van der Waals surface area contributed by atoms with Crippen molar-refractivity contribution in [2.24, 2.45) is 5.73 Å². The number of nitrogens with zero attached hydrogens (tertiary/aromatic N) is 2. The molecule has 2 N–H and O–H groups in total. The van der Waals surface area contributed by atoms with Crippen LogP contribution in [0.5, 0.6) is 0 Å². The van der Waals surface area contributed by atoms with Crippen molar-refractivity contribution in [3.05, 3.63) is 35.7 Å². The molecule has 1 aromatic carbocycles. The van der Waals surface area contributed by atoms with E-state index < -0.39 is 0 Å². The maximum atomic E-state index is 5.50. The summed E-state index contributed by atoms with van der Waals surface area (Å²) in [5.74, 6) is 2.08. The van der Waals surface area contributed by atoms with Gasteiger partial charge in [0.2, 0.25) is 0 Å². The molecule has 17 heavy (non-hydrogen) atoms. The summed E-state index contributed by atoms with van der Waals surface area (Å²) in [4.78, 5) is 4.32. The molecule has 5 heteroatoms. The van der Waals surface area contributed by atoms with Crippen LogP contribution in [0.2, 0.25) is 0 Å². The van der Waals surface area contributed by atoms with Crippen molar-refractivity contribution in [3.8, 4) is 11.5 Å². The Kier molecular flexibility index (Phi) is 4.17. The Morgan fingerprint density at radius 2 is 2.06 bits per heavy atom. The van der Waals surface area contributed by atoms with Gasteiger partial charge >= 0.3 is 0 Å². The third kappa shape index (κ3) is 3.08. The number of aromatic nitrogens is 2. The van der Waals surface area contributed by atoms with Crippen LogP contribution in [0.4, 0.5) is 0 Å². The first-order valence-corrected chi connectivity index (χ1v) is 6.84. The van der Waals surface area contributed by atoms with Gasteiger partial charge in [0.25, 0.3) is 5.89 Å². The zero-order valence-corrected chi connectivity index (χ0v) is 10.5. The molecule has 1 aromatic heterocycles. The lowest BCUT2D eigenvalue weighted by Crippen LogP contribution is -2.02. The molecule has 0 aliphatic carbocycles. The highest BCUT2D eigenvalue weighted by Crippen LogP contribution is 2.18. The molecule has 0 aliphatic rings. The smallest absolute Gasteiger partial charge is 0.257 e. The summed E-state index contributed by atoms with van der Waals surface area (Å²) in [6.07, 6.45) is 2.90. The van der Waals surface area contributed by atoms with Crippen LogP contribution < -0.4 is 5.73 Å². The van der Waals surface area contributed by atoms with E-state index in [9.17, 15) is 0 Å². The number of thioether (sulfide) groups is 1. The standard InChI is InChI=1S/C12H15N3OS/c1-17-8-11-14-12(16-15-11)10-4-2-9(3-5-10)6-7-13/h2-5H,6-8,13H2,1H3. The number of nitrogens with two attached hydrogens (primary N) is 1. The van der Waals surface area contributed by atoms with Crippen LogP contribution in [0.3, 0.4) is 0 Å². The van der Waals surface area contributed by atoms with E-state index in [1.807, 2.05) is 30.5 Å². The maximum Gasteiger partial charge on any atom is 0.257 e. The molecular formula is C12H15N3OS. The fraction of sp³-hybridized carbons (Fsp3) is 0.333. The first kappa shape index (κ1) is 12.1. The van der Waals surface area contributed by atoms with Crippen molar-refractivity contribution >= 4 is 11.8 Å². The largest absolute Gasteiger partial charge is 0.334 e. The molecular weight excluding hydrogens is 234 g/mol. The van der Waals surface area contributed by atoms with E-state index in [0.29, 0.717) is 12.4 Å². The Morgan fingerprint density at radius 3 is 2.71 bits per heavy atom. The molecule has 2 rings (SSSR count). The molecule has 0 fully saturated rings. The van der Waals surface area contributed by atoms with E-state index in [-0.39, 0.29) is 0 Å². The Balaban J connectivity index is 2.15. The third-order valence-corrected chi connectivity index (χ3v) is 2.92. The summed E-state index contributed by atoms with van der Waals surface area (Å²) >= 11 is 1.67. The minimum absolute atomic E-state index is 0.577. The van der Waals surface area contributed by atoms with Gasteiger partial charge < -0.3 is 10.3 Å². The summed E-state index contributed by atoms with van der Waals surface area (Å²) in [5.41, 5.74) is 7.68. The second-order valence-corrected chi connectivity index (χ2v) is 4.55. The summed E-state index contributed by atoms with van der Waals surface area (Å²) in [6, 6.07) is 8.06. The number of hydrogen-bond acceptors (Lipinski definition) is 5. The van der Waals surface area contributed by atoms with Crippen LogP contribution in [0, 0.1) is 0 Å². The van der Waals surface area contributed by atoms with E-state index in [4.69, 9.17) is 10.3 Å². The predicted molar refractivity (Wildman–Crippen MR) is 69.7 cm³/mol. The highest BCUT2D eigenvalue weighted by Gasteiger charge is 2.07. The third-order valence-electron chi connectivity index (χ3n) is 2.38. The van der Waals surface area contributed by atoms with Crippen molar-refractivity contribution < 1.29 is 4.52 Å². The Labute approximate surface area is 105 Å². The predicted octanol–water partition coefficient (Wildman–Crippen LogP) is 2.10. The molecule has 4 nitrogen and oxygen atoms in total. The van der Waals surface area contributed by atoms with Crippen molar-refractivity contribution in [1.29, 1.82) is 0 Å². The lowest BCUT2D eigenvalue weighted by atomic mass is 10.1. The van der Waals surface area contributed by atoms with Crippen LogP contribution in [-0.2, 0) is 12.2 Å². The fourth-order valence-electron chi connectivity index (χ4n) is 1.54. The van der Waals surface area contributed by atoms with Crippen molar-refractivity contribution in [3.63, 3.8) is 0 Å². The van der Waals surface area contributed by atoms with Gasteiger partial charge in [0.05, 0.1) is 5.75 Å². The molecule has 0 saturated heterocycles. The van der Waals surface area contributed by atoms with Crippen LogP contribution in [0.25, 0.3) is 11.5 Å². The van der Waals surface area contributed by atoms with Gasteiger partial charge in [-0.25, -0.2) is 0 Å². The van der Waals surface area contributed by atoms with Crippen LogP contribution >= 0.6 is 11.8 Å². The summed E-state index contributed by atoms with van der Waals surface area (Å²) < 4.78 is 5.20. The summed E-state index contributed by atoms with van der Waals surface area (Å²) in [5, 5.41) is 3.91. The monoisotopic (exact) mass is 249 g/mol. The van der Waals surface area contributed by atoms with Crippen molar-refractivity contribution in [1.82, 2.24) is 10.1 Å². The zero-order chi connectivity index (χ0) is 12.1. The van der Waals surface area contributed by atoms with Gasteiger partial charge in [-0.05, 0) is 36.9 Å². The van der Waals surface area contributed by atoms with E-state index in [1.54, 1.807) is 11.8 Å². The van der Waals surface area contributed by atoms with Gasteiger partial charge in [0.1, 0.15) is 0 Å². The molecule has 0 spiro atoms. The molecule has 2 aromatic rings. The number of rotatable bonds is 5. The first-order chi connectivity index (χ1) is 8.33. The van der Waals surface area contributed by atoms with E-state index >= 15 is 0 Å². The van der Waals surface area contributed by atoms with E-state index in [0.717, 1.165) is 23.6 Å². The highest BCUT2D eigenvalue weighted by atomic mass is 32.2. The average molecular weight is 249 g/mol. The Morgan fingerprint density at radius 1 is 1.29 bits per heavy atom. The van der Waals surface area contributed by atoms with Gasteiger partial charge in [0, 0.05) is 5.56 Å². The zero-order valence-electron chi connectivity index (χ0n) is 9.72. The SMILES string of the molecule is CSCc1noc(-c2ccc(CCN)cc2)n1. The summed E-state index contributed by atoms with van der Waals surface area (Å²) in [6.45, 7) is 0.664. The summed E-state index contributed by atoms with van der Waals surface area (Å²) in [7, 11) is 0. The molecule has 0 aliphatic heterocycles. The molecule has 0 saturated carbocycles. The molecule has 0 bridgehead atoms. The van der Waals surface area contributed by atoms with Crippen LogP contribution in [0.1, 0.15) is 11.4 Å². The van der Waals surface area contributed by atoms with Gasteiger partial charge in [-0.15, -0.1) is 0 Å². The van der Waals surface area contributed by atoms with Crippen molar-refractivity contribution in [2.45, 2.75) is 12.2 Å². The lowest BCUT2D eigenvalue weighted by molar-refractivity contribution is 0.425. The number of benzene rings is 1. The second kappa shape index (κ2) is 5.84. The fourth-order valence-corrected chi connectivity index (χ4v) is 1.92. The van der Waals surface area contributed by atoms with E-state index in [1.165, 1.54) is 5.56 Å². The highest BCUT2D eigenvalue weighted by molar-refractivity contribution is 7.97. The maximum absolute atomic E-state index is 5.50. The molecule has 90 valence electrons. The van der Waals surface area contributed by atoms with Crippen LogP contribution in [-0.4, -0.2) is 22.9 Å². The number of hydrogen-bond donors (Lipinski definition) is 1. The minimum atomic E-state index is 0.577. The normalized spacial score (nSPS) is 10.7. The van der Waals surface area contributed by atoms with Gasteiger partial charge in [-0.1, -0.05) is 17.3 Å². The van der Waals surface area contributed by atoms with E-state index in [2.05, 4.69) is 10.1 Å². The molecule has 1 heterocycles. The van der Waals surface area contributed by atoms with Gasteiger partial charge in [-0.2, -0.15) is 16.7 Å². The molecule has 0 radical (unpaired) electrons. The van der Waals surface area contributed by atoms with Crippen molar-refractivity contribution in [2.75, 3.05) is 12.8 Å². The Bertz CT molecular complexity index is 467. The lowest BCUT2D eigenvalue weighted by Gasteiger charge is -1.98. The topological polar surface area (TPSA) is 64.9 Å². The second-order valence-electron chi connectivity index (χ2n) is 3.68. The molecule has 0 atom stereocenters. The molecule has 0 unspecified atom stereocenters. The quantitative estimate of drug-likeness (QED) is 0.879. The van der Waals surface area contributed by atoms with Gasteiger partial charge in [0.15, 0.2) is 5.82 Å². The Hall–Kier alpha value is -1.33. The molecule has 0 amide bonds. The first-order valence-electron chi connectivity index (χ1n) is 5.44.